The number of nitrogen functional groups attached to an aromatic ring is 1. The summed E-state index contributed by atoms with van der Waals surface area (Å²) in [5.41, 5.74) is 10.2. The summed E-state index contributed by atoms with van der Waals surface area (Å²) >= 11 is 0. The minimum absolute atomic E-state index is 0.789. The number of anilines is 3. The Morgan fingerprint density at radius 1 is 1.00 bits per heavy atom. The van der Waals surface area contributed by atoms with Crippen molar-refractivity contribution >= 4 is 28.1 Å². The first-order valence-corrected chi connectivity index (χ1v) is 6.83. The van der Waals surface area contributed by atoms with Crippen LogP contribution in [0.15, 0.2) is 54.6 Å². The highest BCUT2D eigenvalue weighted by Gasteiger charge is 2.22. The Hall–Kier alpha value is -2.55. The second kappa shape index (κ2) is 4.23. The number of hydrogen-bond acceptors (Lipinski definition) is 3. The summed E-state index contributed by atoms with van der Waals surface area (Å²) < 4.78 is 0. The van der Waals surface area contributed by atoms with Gasteiger partial charge in [0.2, 0.25) is 0 Å². The summed E-state index contributed by atoms with van der Waals surface area (Å²) in [5, 5.41) is 1.21. The number of rotatable bonds is 1. The number of para-hydroxylation sites is 1. The van der Waals surface area contributed by atoms with Gasteiger partial charge in [0.05, 0.1) is 5.52 Å². The van der Waals surface area contributed by atoms with Crippen LogP contribution >= 0.6 is 0 Å². The van der Waals surface area contributed by atoms with Crippen LogP contribution in [0.1, 0.15) is 5.56 Å². The van der Waals surface area contributed by atoms with Crippen molar-refractivity contribution < 1.29 is 0 Å². The summed E-state index contributed by atoms with van der Waals surface area (Å²) in [6, 6.07) is 18.5. The number of fused-ring (bicyclic) bond motifs is 2. The van der Waals surface area contributed by atoms with E-state index in [1.54, 1.807) is 0 Å². The number of nitrogens with zero attached hydrogens (tertiary/aromatic N) is 2. The fourth-order valence-electron chi connectivity index (χ4n) is 2.85. The standard InChI is InChI=1S/C17H15N3/c18-14-5-3-6-15(11-14)20-9-8-13-10-12-4-1-2-7-16(12)19-17(13)20/h1-7,10-11H,8-9,18H2. The number of hydrogen-bond donors (Lipinski definition) is 1. The number of benzene rings is 2. The molecule has 98 valence electrons. The average Bonchev–Trinajstić information content (AvgIpc) is 2.87. The third kappa shape index (κ3) is 1.71. The molecule has 2 aromatic carbocycles. The van der Waals surface area contributed by atoms with Gasteiger partial charge in [0.15, 0.2) is 0 Å². The molecule has 0 amide bonds. The number of pyridine rings is 1. The Bertz CT molecular complexity index is 795. The zero-order valence-corrected chi connectivity index (χ0v) is 11.1. The van der Waals surface area contributed by atoms with Gasteiger partial charge in [-0.25, -0.2) is 4.98 Å². The van der Waals surface area contributed by atoms with Gasteiger partial charge in [-0.3, -0.25) is 0 Å². The molecule has 2 heterocycles. The van der Waals surface area contributed by atoms with Gasteiger partial charge in [0.1, 0.15) is 5.82 Å². The number of aromatic nitrogens is 1. The molecular weight excluding hydrogens is 246 g/mol. The normalized spacial score (nSPS) is 13.7. The van der Waals surface area contributed by atoms with Gasteiger partial charge >= 0.3 is 0 Å². The second-order valence-electron chi connectivity index (χ2n) is 5.16. The van der Waals surface area contributed by atoms with E-state index in [4.69, 9.17) is 10.7 Å². The Morgan fingerprint density at radius 3 is 2.80 bits per heavy atom. The van der Waals surface area contributed by atoms with E-state index in [0.29, 0.717) is 0 Å². The van der Waals surface area contributed by atoms with E-state index in [2.05, 4.69) is 35.2 Å². The lowest BCUT2D eigenvalue weighted by atomic mass is 10.1. The summed E-state index contributed by atoms with van der Waals surface area (Å²) in [4.78, 5) is 7.08. The van der Waals surface area contributed by atoms with Gasteiger partial charge in [-0.05, 0) is 42.3 Å². The molecule has 1 aromatic heterocycles. The minimum atomic E-state index is 0.789. The zero-order chi connectivity index (χ0) is 13.5. The maximum atomic E-state index is 5.89. The van der Waals surface area contributed by atoms with Crippen LogP contribution in [0, 0.1) is 0 Å². The predicted molar refractivity (Wildman–Crippen MR) is 83.3 cm³/mol. The lowest BCUT2D eigenvalue weighted by molar-refractivity contribution is 0.992. The van der Waals surface area contributed by atoms with Crippen LogP contribution in [-0.2, 0) is 6.42 Å². The van der Waals surface area contributed by atoms with Crippen LogP contribution in [0.4, 0.5) is 17.2 Å². The van der Waals surface area contributed by atoms with E-state index in [-0.39, 0.29) is 0 Å². The SMILES string of the molecule is Nc1cccc(N2CCc3cc4ccccc4nc32)c1. The van der Waals surface area contributed by atoms with E-state index >= 15 is 0 Å². The van der Waals surface area contributed by atoms with Crippen LogP contribution in [0.25, 0.3) is 10.9 Å². The monoisotopic (exact) mass is 261 g/mol. The van der Waals surface area contributed by atoms with E-state index in [9.17, 15) is 0 Å². The van der Waals surface area contributed by atoms with Crippen molar-refractivity contribution in [1.29, 1.82) is 0 Å². The van der Waals surface area contributed by atoms with Crippen LogP contribution in [-0.4, -0.2) is 11.5 Å². The Balaban J connectivity index is 1.87. The molecule has 0 aliphatic carbocycles. The van der Waals surface area contributed by atoms with Crippen molar-refractivity contribution in [3.8, 4) is 0 Å². The topological polar surface area (TPSA) is 42.1 Å². The van der Waals surface area contributed by atoms with Crippen molar-refractivity contribution in [3.05, 3.63) is 60.2 Å². The summed E-state index contributed by atoms with van der Waals surface area (Å²) in [6.07, 6.45) is 1.03. The molecule has 0 unspecified atom stereocenters. The fourth-order valence-corrected chi connectivity index (χ4v) is 2.85. The molecule has 3 nitrogen and oxygen atoms in total. The maximum Gasteiger partial charge on any atom is 0.137 e. The van der Waals surface area contributed by atoms with Crippen LogP contribution < -0.4 is 10.6 Å². The molecule has 0 saturated heterocycles. The highest BCUT2D eigenvalue weighted by molar-refractivity contribution is 5.84. The Morgan fingerprint density at radius 2 is 1.90 bits per heavy atom. The summed E-state index contributed by atoms with van der Waals surface area (Å²) in [6.45, 7) is 0.960. The third-order valence-corrected chi connectivity index (χ3v) is 3.82. The van der Waals surface area contributed by atoms with Crippen molar-refractivity contribution in [1.82, 2.24) is 4.98 Å². The minimum Gasteiger partial charge on any atom is -0.399 e. The highest BCUT2D eigenvalue weighted by Crippen LogP contribution is 2.35. The lowest BCUT2D eigenvalue weighted by Crippen LogP contribution is -2.14. The molecule has 1 aliphatic heterocycles. The molecule has 2 N–H and O–H groups in total. The average molecular weight is 261 g/mol. The van der Waals surface area contributed by atoms with Crippen molar-refractivity contribution in [2.45, 2.75) is 6.42 Å². The van der Waals surface area contributed by atoms with Crippen LogP contribution in [0.2, 0.25) is 0 Å². The molecule has 1 aliphatic rings. The lowest BCUT2D eigenvalue weighted by Gasteiger charge is -2.19. The smallest absolute Gasteiger partial charge is 0.137 e. The maximum absolute atomic E-state index is 5.89. The van der Waals surface area contributed by atoms with E-state index in [1.807, 2.05) is 24.3 Å². The van der Waals surface area contributed by atoms with Gasteiger partial charge in [-0.15, -0.1) is 0 Å². The fraction of sp³-hybridized carbons (Fsp3) is 0.118. The van der Waals surface area contributed by atoms with E-state index in [1.165, 1.54) is 10.9 Å². The van der Waals surface area contributed by atoms with Crippen molar-refractivity contribution in [2.24, 2.45) is 0 Å². The van der Waals surface area contributed by atoms with Crippen LogP contribution in [0.5, 0.6) is 0 Å². The van der Waals surface area contributed by atoms with Gasteiger partial charge in [0.25, 0.3) is 0 Å². The molecule has 3 aromatic rings. The summed E-state index contributed by atoms with van der Waals surface area (Å²) in [5.74, 6) is 1.06. The Kier molecular flexibility index (Phi) is 2.39. The van der Waals surface area contributed by atoms with E-state index in [0.717, 1.165) is 35.7 Å². The highest BCUT2D eigenvalue weighted by atomic mass is 15.2. The first kappa shape index (κ1) is 11.3. The summed E-state index contributed by atoms with van der Waals surface area (Å²) in [7, 11) is 0. The molecule has 3 heteroatoms. The first-order valence-electron chi connectivity index (χ1n) is 6.83. The van der Waals surface area contributed by atoms with Gasteiger partial charge in [-0.1, -0.05) is 24.3 Å². The molecule has 0 fully saturated rings. The van der Waals surface area contributed by atoms with Gasteiger partial charge < -0.3 is 10.6 Å². The molecule has 0 radical (unpaired) electrons. The molecule has 0 bridgehead atoms. The molecule has 0 saturated carbocycles. The molecule has 20 heavy (non-hydrogen) atoms. The second-order valence-corrected chi connectivity index (χ2v) is 5.16. The van der Waals surface area contributed by atoms with Crippen LogP contribution in [0.3, 0.4) is 0 Å². The zero-order valence-electron chi connectivity index (χ0n) is 11.1. The molecule has 4 rings (SSSR count). The molecule has 0 atom stereocenters. The van der Waals surface area contributed by atoms with Gasteiger partial charge in [-0.2, -0.15) is 0 Å². The van der Waals surface area contributed by atoms with Crippen molar-refractivity contribution in [2.75, 3.05) is 17.2 Å². The van der Waals surface area contributed by atoms with E-state index < -0.39 is 0 Å². The Labute approximate surface area is 117 Å². The number of nitrogens with two attached hydrogens (primary N) is 1. The largest absolute Gasteiger partial charge is 0.399 e. The van der Waals surface area contributed by atoms with Gasteiger partial charge in [0, 0.05) is 23.3 Å². The molecule has 0 spiro atoms. The molecular formula is C17H15N3. The predicted octanol–water partition coefficient (Wildman–Crippen LogP) is 3.51. The van der Waals surface area contributed by atoms with Crippen molar-refractivity contribution in [3.63, 3.8) is 0 Å². The quantitative estimate of drug-likeness (QED) is 0.682. The third-order valence-electron chi connectivity index (χ3n) is 3.82. The first-order chi connectivity index (χ1) is 9.81.